The molecule has 146 valence electrons. The maximum absolute atomic E-state index is 12.7. The highest BCUT2D eigenvalue weighted by molar-refractivity contribution is 7.92. The molecule has 2 N–H and O–H groups in total. The van der Waals surface area contributed by atoms with Crippen LogP contribution in [0.3, 0.4) is 0 Å². The molecule has 0 unspecified atom stereocenters. The summed E-state index contributed by atoms with van der Waals surface area (Å²) < 4.78 is 28.0. The first-order valence-electron chi connectivity index (χ1n) is 9.43. The standard InChI is InChI=1S/C20H28N4O2S/c1-24(2)13-5-12-21-20-11-9-18(15-22-20)23-27(25,26)19-10-8-16-6-3-4-7-17(16)14-19/h8-11,14-15,23H,3-7,12-13H2,1-2H3,(H,21,22). The van der Waals surface area contributed by atoms with Gasteiger partial charge in [0.25, 0.3) is 10.0 Å². The van der Waals surface area contributed by atoms with Gasteiger partial charge < -0.3 is 10.2 Å². The van der Waals surface area contributed by atoms with Crippen LogP contribution < -0.4 is 10.0 Å². The van der Waals surface area contributed by atoms with Crippen molar-refractivity contribution in [3.63, 3.8) is 0 Å². The second kappa shape index (κ2) is 8.71. The van der Waals surface area contributed by atoms with E-state index in [2.05, 4.69) is 19.9 Å². The van der Waals surface area contributed by atoms with Crippen molar-refractivity contribution in [2.45, 2.75) is 37.0 Å². The molecule has 1 aliphatic carbocycles. The number of pyridine rings is 1. The van der Waals surface area contributed by atoms with Crippen LogP contribution in [-0.2, 0) is 22.9 Å². The summed E-state index contributed by atoms with van der Waals surface area (Å²) in [6.07, 6.45) is 6.85. The van der Waals surface area contributed by atoms with Gasteiger partial charge in [0, 0.05) is 6.54 Å². The van der Waals surface area contributed by atoms with Crippen LogP contribution in [0.4, 0.5) is 11.5 Å². The normalized spacial score (nSPS) is 14.0. The Balaban J connectivity index is 1.62. The Morgan fingerprint density at radius 3 is 2.56 bits per heavy atom. The van der Waals surface area contributed by atoms with E-state index in [1.165, 1.54) is 12.0 Å². The molecular formula is C20H28N4O2S. The number of hydrogen-bond donors (Lipinski definition) is 2. The van der Waals surface area contributed by atoms with Gasteiger partial charge in [-0.2, -0.15) is 0 Å². The number of anilines is 2. The molecule has 0 bridgehead atoms. The van der Waals surface area contributed by atoms with Crippen molar-refractivity contribution in [3.05, 3.63) is 47.7 Å². The van der Waals surface area contributed by atoms with Crippen LogP contribution in [0.5, 0.6) is 0 Å². The number of nitrogens with one attached hydrogen (secondary N) is 2. The van der Waals surface area contributed by atoms with Crippen LogP contribution in [0.2, 0.25) is 0 Å². The van der Waals surface area contributed by atoms with E-state index in [0.29, 0.717) is 10.6 Å². The quantitative estimate of drug-likeness (QED) is 0.680. The first-order valence-corrected chi connectivity index (χ1v) is 10.9. The fourth-order valence-electron chi connectivity index (χ4n) is 3.26. The fourth-order valence-corrected chi connectivity index (χ4v) is 4.36. The van der Waals surface area contributed by atoms with Gasteiger partial charge in [-0.3, -0.25) is 4.72 Å². The third-order valence-electron chi connectivity index (χ3n) is 4.73. The van der Waals surface area contributed by atoms with Crippen molar-refractivity contribution >= 4 is 21.5 Å². The molecular weight excluding hydrogens is 360 g/mol. The zero-order valence-corrected chi connectivity index (χ0v) is 16.8. The molecule has 0 saturated heterocycles. The predicted molar refractivity (Wildman–Crippen MR) is 110 cm³/mol. The first kappa shape index (κ1) is 19.6. The predicted octanol–water partition coefficient (Wildman–Crippen LogP) is 3.12. The summed E-state index contributed by atoms with van der Waals surface area (Å²) in [5, 5.41) is 3.24. The van der Waals surface area contributed by atoms with Gasteiger partial charge in [0.1, 0.15) is 5.82 Å². The third kappa shape index (κ3) is 5.43. The van der Waals surface area contributed by atoms with Gasteiger partial charge in [0.15, 0.2) is 0 Å². The highest BCUT2D eigenvalue weighted by atomic mass is 32.2. The molecule has 1 aromatic heterocycles. The number of fused-ring (bicyclic) bond motifs is 1. The molecule has 3 rings (SSSR count). The average Bonchev–Trinajstić information content (AvgIpc) is 2.65. The van der Waals surface area contributed by atoms with Crippen LogP contribution >= 0.6 is 0 Å². The molecule has 0 aliphatic heterocycles. The Morgan fingerprint density at radius 2 is 1.85 bits per heavy atom. The minimum Gasteiger partial charge on any atom is -0.370 e. The number of sulfonamides is 1. The molecule has 0 atom stereocenters. The lowest BCUT2D eigenvalue weighted by Gasteiger charge is -2.17. The number of aryl methyl sites for hydroxylation is 2. The van der Waals surface area contributed by atoms with Crippen LogP contribution in [0.25, 0.3) is 0 Å². The maximum Gasteiger partial charge on any atom is 0.261 e. The van der Waals surface area contributed by atoms with E-state index >= 15 is 0 Å². The lowest BCUT2D eigenvalue weighted by Crippen LogP contribution is -2.17. The molecule has 7 heteroatoms. The summed E-state index contributed by atoms with van der Waals surface area (Å²) in [7, 11) is 0.481. The number of aromatic nitrogens is 1. The smallest absolute Gasteiger partial charge is 0.261 e. The number of hydrogen-bond acceptors (Lipinski definition) is 5. The van der Waals surface area contributed by atoms with Crippen molar-refractivity contribution in [2.75, 3.05) is 37.2 Å². The monoisotopic (exact) mass is 388 g/mol. The topological polar surface area (TPSA) is 74.3 Å². The summed E-state index contributed by atoms with van der Waals surface area (Å²) >= 11 is 0. The molecule has 1 aliphatic rings. The number of rotatable bonds is 8. The Morgan fingerprint density at radius 1 is 1.07 bits per heavy atom. The van der Waals surface area contributed by atoms with Crippen LogP contribution in [0, 0.1) is 0 Å². The Labute approximate surface area is 162 Å². The van der Waals surface area contributed by atoms with E-state index in [4.69, 9.17) is 0 Å². The minimum absolute atomic E-state index is 0.314. The molecule has 0 spiro atoms. The fraction of sp³-hybridized carbons (Fsp3) is 0.450. The van der Waals surface area contributed by atoms with Crippen molar-refractivity contribution in [1.29, 1.82) is 0 Å². The summed E-state index contributed by atoms with van der Waals surface area (Å²) in [5.74, 6) is 0.741. The van der Waals surface area contributed by atoms with Gasteiger partial charge in [-0.1, -0.05) is 6.07 Å². The molecule has 0 radical (unpaired) electrons. The molecule has 0 saturated carbocycles. The Bertz CT molecular complexity index is 864. The lowest BCUT2D eigenvalue weighted by atomic mass is 9.92. The van der Waals surface area contributed by atoms with Gasteiger partial charge in [-0.05, 0) is 88.1 Å². The molecule has 0 fully saturated rings. The first-order chi connectivity index (χ1) is 12.9. The zero-order chi connectivity index (χ0) is 19.3. The summed E-state index contributed by atoms with van der Waals surface area (Å²) in [4.78, 5) is 6.74. The SMILES string of the molecule is CN(C)CCCNc1ccc(NS(=O)(=O)c2ccc3c(c2)CCCC3)cn1. The average molecular weight is 389 g/mol. The molecule has 6 nitrogen and oxygen atoms in total. The maximum atomic E-state index is 12.7. The number of nitrogens with zero attached hydrogens (tertiary/aromatic N) is 2. The van der Waals surface area contributed by atoms with Crippen LogP contribution in [0.15, 0.2) is 41.4 Å². The molecule has 1 heterocycles. The second-order valence-electron chi connectivity index (χ2n) is 7.26. The van der Waals surface area contributed by atoms with E-state index in [9.17, 15) is 8.42 Å². The van der Waals surface area contributed by atoms with Crippen LogP contribution in [-0.4, -0.2) is 45.5 Å². The van der Waals surface area contributed by atoms with E-state index in [-0.39, 0.29) is 0 Å². The summed E-state index contributed by atoms with van der Waals surface area (Å²) in [6.45, 7) is 1.83. The summed E-state index contributed by atoms with van der Waals surface area (Å²) in [5.41, 5.74) is 2.89. The van der Waals surface area contributed by atoms with Crippen LogP contribution in [0.1, 0.15) is 30.4 Å². The van der Waals surface area contributed by atoms with Gasteiger partial charge in [0.05, 0.1) is 16.8 Å². The highest BCUT2D eigenvalue weighted by Gasteiger charge is 2.18. The van der Waals surface area contributed by atoms with E-state index < -0.39 is 10.0 Å². The molecule has 27 heavy (non-hydrogen) atoms. The molecule has 2 aromatic rings. The van der Waals surface area contributed by atoms with Crippen molar-refractivity contribution in [2.24, 2.45) is 0 Å². The third-order valence-corrected chi connectivity index (χ3v) is 6.11. The molecule has 0 amide bonds. The minimum atomic E-state index is -3.61. The number of benzene rings is 1. The van der Waals surface area contributed by atoms with Crippen molar-refractivity contribution in [1.82, 2.24) is 9.88 Å². The van der Waals surface area contributed by atoms with E-state index in [0.717, 1.165) is 50.2 Å². The molecule has 1 aromatic carbocycles. The van der Waals surface area contributed by atoms with Gasteiger partial charge in [-0.15, -0.1) is 0 Å². The Kier molecular flexibility index (Phi) is 6.34. The largest absolute Gasteiger partial charge is 0.370 e. The van der Waals surface area contributed by atoms with E-state index in [1.54, 1.807) is 24.4 Å². The van der Waals surface area contributed by atoms with Crippen molar-refractivity contribution < 1.29 is 8.42 Å². The highest BCUT2D eigenvalue weighted by Crippen LogP contribution is 2.25. The Hall–Kier alpha value is -2.12. The zero-order valence-electron chi connectivity index (χ0n) is 16.0. The van der Waals surface area contributed by atoms with Gasteiger partial charge in [-0.25, -0.2) is 13.4 Å². The van der Waals surface area contributed by atoms with E-state index in [1.807, 2.05) is 26.2 Å². The van der Waals surface area contributed by atoms with Gasteiger partial charge >= 0.3 is 0 Å². The van der Waals surface area contributed by atoms with Crippen molar-refractivity contribution in [3.8, 4) is 0 Å². The summed E-state index contributed by atoms with van der Waals surface area (Å²) in [6, 6.07) is 8.98. The second-order valence-corrected chi connectivity index (χ2v) is 8.94. The van der Waals surface area contributed by atoms with Gasteiger partial charge in [0.2, 0.25) is 0 Å². The lowest BCUT2D eigenvalue weighted by molar-refractivity contribution is 0.405.